The normalized spacial score (nSPS) is 33.3. The molecule has 0 bridgehead atoms. The summed E-state index contributed by atoms with van der Waals surface area (Å²) < 4.78 is 10.4. The average Bonchev–Trinajstić information content (AvgIpc) is 1.99. The third-order valence-electron chi connectivity index (χ3n) is 2.27. The van der Waals surface area contributed by atoms with Crippen LogP contribution in [0.15, 0.2) is 0 Å². The van der Waals surface area contributed by atoms with Crippen LogP contribution < -0.4 is 5.32 Å². The van der Waals surface area contributed by atoms with E-state index in [1.807, 2.05) is 0 Å². The van der Waals surface area contributed by atoms with Crippen molar-refractivity contribution in [3.05, 3.63) is 0 Å². The van der Waals surface area contributed by atoms with E-state index in [0.29, 0.717) is 12.1 Å². The zero-order valence-corrected chi connectivity index (χ0v) is 6.71. The van der Waals surface area contributed by atoms with Crippen molar-refractivity contribution in [1.82, 2.24) is 5.32 Å². The molecule has 1 atom stereocenters. The Bertz CT molecular complexity index is 119. The molecule has 0 unspecified atom stereocenters. The predicted octanol–water partition coefficient (Wildman–Crippen LogP) is 0.154. The maximum absolute atomic E-state index is 5.35. The van der Waals surface area contributed by atoms with Gasteiger partial charge in [-0.05, 0) is 12.8 Å². The van der Waals surface area contributed by atoms with E-state index in [9.17, 15) is 0 Å². The zero-order valence-electron chi connectivity index (χ0n) is 6.71. The summed E-state index contributed by atoms with van der Waals surface area (Å²) in [5, 5.41) is 3.51. The van der Waals surface area contributed by atoms with E-state index >= 15 is 0 Å². The molecule has 2 rings (SSSR count). The van der Waals surface area contributed by atoms with E-state index in [-0.39, 0.29) is 0 Å². The number of hydrogen-bond donors (Lipinski definition) is 1. The molecule has 0 aromatic rings. The summed E-state index contributed by atoms with van der Waals surface area (Å²) >= 11 is 0. The van der Waals surface area contributed by atoms with Gasteiger partial charge >= 0.3 is 0 Å². The standard InChI is InChI=1S/C8H15NO2/c1-2-7(4-10-3-1)9-8-5-11-6-8/h7-9H,1-6H2/t7-/m0/s1. The molecule has 0 aromatic heterocycles. The third kappa shape index (κ3) is 1.92. The van der Waals surface area contributed by atoms with Crippen LogP contribution in [0.3, 0.4) is 0 Å². The molecular weight excluding hydrogens is 142 g/mol. The van der Waals surface area contributed by atoms with Crippen LogP contribution in [-0.4, -0.2) is 38.5 Å². The van der Waals surface area contributed by atoms with Crippen LogP contribution in [0.5, 0.6) is 0 Å². The van der Waals surface area contributed by atoms with Gasteiger partial charge in [0.1, 0.15) is 0 Å². The van der Waals surface area contributed by atoms with Crippen molar-refractivity contribution in [2.45, 2.75) is 24.9 Å². The van der Waals surface area contributed by atoms with Crippen LogP contribution in [-0.2, 0) is 9.47 Å². The lowest BCUT2D eigenvalue weighted by molar-refractivity contribution is -0.0231. The molecule has 0 amide bonds. The zero-order chi connectivity index (χ0) is 7.52. The Labute approximate surface area is 67.1 Å². The van der Waals surface area contributed by atoms with Gasteiger partial charge in [-0.1, -0.05) is 0 Å². The fourth-order valence-corrected chi connectivity index (χ4v) is 1.54. The number of rotatable bonds is 2. The van der Waals surface area contributed by atoms with E-state index in [2.05, 4.69) is 5.32 Å². The van der Waals surface area contributed by atoms with E-state index in [1.54, 1.807) is 0 Å². The molecule has 2 saturated heterocycles. The molecule has 11 heavy (non-hydrogen) atoms. The molecular formula is C8H15NO2. The summed E-state index contributed by atoms with van der Waals surface area (Å²) in [5.74, 6) is 0. The maximum atomic E-state index is 5.35. The molecule has 0 radical (unpaired) electrons. The van der Waals surface area contributed by atoms with Crippen LogP contribution in [0, 0.1) is 0 Å². The molecule has 0 aromatic carbocycles. The molecule has 2 heterocycles. The van der Waals surface area contributed by atoms with E-state index in [4.69, 9.17) is 9.47 Å². The van der Waals surface area contributed by atoms with Crippen molar-refractivity contribution in [3.8, 4) is 0 Å². The second-order valence-electron chi connectivity index (χ2n) is 3.32. The minimum absolute atomic E-state index is 0.581. The highest BCUT2D eigenvalue weighted by molar-refractivity contribution is 4.79. The largest absolute Gasteiger partial charge is 0.380 e. The van der Waals surface area contributed by atoms with Gasteiger partial charge in [-0.25, -0.2) is 0 Å². The Morgan fingerprint density at radius 1 is 1.00 bits per heavy atom. The van der Waals surface area contributed by atoms with Crippen molar-refractivity contribution in [3.63, 3.8) is 0 Å². The topological polar surface area (TPSA) is 30.5 Å². The Kier molecular flexibility index (Phi) is 2.41. The maximum Gasteiger partial charge on any atom is 0.0643 e. The fraction of sp³-hybridized carbons (Fsp3) is 1.00. The van der Waals surface area contributed by atoms with Gasteiger partial charge in [0.2, 0.25) is 0 Å². The third-order valence-corrected chi connectivity index (χ3v) is 2.27. The highest BCUT2D eigenvalue weighted by Crippen LogP contribution is 2.09. The number of ether oxygens (including phenoxy) is 2. The fourth-order valence-electron chi connectivity index (χ4n) is 1.54. The van der Waals surface area contributed by atoms with Gasteiger partial charge < -0.3 is 14.8 Å². The van der Waals surface area contributed by atoms with E-state index in [1.165, 1.54) is 12.8 Å². The summed E-state index contributed by atoms with van der Waals surface area (Å²) in [4.78, 5) is 0. The monoisotopic (exact) mass is 157 g/mol. The first kappa shape index (κ1) is 7.53. The molecule has 2 fully saturated rings. The van der Waals surface area contributed by atoms with Crippen LogP contribution in [0.2, 0.25) is 0 Å². The van der Waals surface area contributed by atoms with Gasteiger partial charge in [-0.15, -0.1) is 0 Å². The SMILES string of the molecule is C1COC[C@@H](NC2COC2)C1. The highest BCUT2D eigenvalue weighted by Gasteiger charge is 2.23. The van der Waals surface area contributed by atoms with Crippen LogP contribution >= 0.6 is 0 Å². The molecule has 1 N–H and O–H groups in total. The van der Waals surface area contributed by atoms with Crippen LogP contribution in [0.25, 0.3) is 0 Å². The molecule has 2 aliphatic rings. The Morgan fingerprint density at radius 2 is 1.82 bits per heavy atom. The summed E-state index contributed by atoms with van der Waals surface area (Å²) in [6, 6.07) is 1.18. The van der Waals surface area contributed by atoms with Gasteiger partial charge in [0.25, 0.3) is 0 Å². The quantitative estimate of drug-likeness (QED) is 0.619. The lowest BCUT2D eigenvalue weighted by Crippen LogP contribution is -2.52. The van der Waals surface area contributed by atoms with Crippen molar-refractivity contribution in [1.29, 1.82) is 0 Å². The lowest BCUT2D eigenvalue weighted by atomic mass is 10.1. The number of nitrogens with one attached hydrogen (secondary N) is 1. The molecule has 3 heteroatoms. The van der Waals surface area contributed by atoms with Crippen molar-refractivity contribution >= 4 is 0 Å². The smallest absolute Gasteiger partial charge is 0.0643 e. The highest BCUT2D eigenvalue weighted by atomic mass is 16.5. The summed E-state index contributed by atoms with van der Waals surface area (Å²) in [6.07, 6.45) is 2.46. The van der Waals surface area contributed by atoms with Gasteiger partial charge in [0.15, 0.2) is 0 Å². The van der Waals surface area contributed by atoms with Crippen molar-refractivity contribution < 1.29 is 9.47 Å². The summed E-state index contributed by atoms with van der Waals surface area (Å²) in [6.45, 7) is 3.60. The Hall–Kier alpha value is -0.120. The molecule has 0 aliphatic carbocycles. The van der Waals surface area contributed by atoms with Gasteiger partial charge in [-0.2, -0.15) is 0 Å². The summed E-state index contributed by atoms with van der Waals surface area (Å²) in [5.41, 5.74) is 0. The van der Waals surface area contributed by atoms with Crippen molar-refractivity contribution in [2.24, 2.45) is 0 Å². The first-order valence-corrected chi connectivity index (χ1v) is 4.37. The van der Waals surface area contributed by atoms with Gasteiger partial charge in [0.05, 0.1) is 25.9 Å². The first-order chi connectivity index (χ1) is 5.45. The minimum Gasteiger partial charge on any atom is -0.380 e. The second kappa shape index (κ2) is 3.52. The average molecular weight is 157 g/mol. The van der Waals surface area contributed by atoms with Crippen LogP contribution in [0.1, 0.15) is 12.8 Å². The van der Waals surface area contributed by atoms with E-state index < -0.39 is 0 Å². The minimum atomic E-state index is 0.581. The van der Waals surface area contributed by atoms with Gasteiger partial charge in [0, 0.05) is 12.6 Å². The Morgan fingerprint density at radius 3 is 2.36 bits per heavy atom. The molecule has 64 valence electrons. The number of hydrogen-bond acceptors (Lipinski definition) is 3. The molecule has 2 aliphatic heterocycles. The lowest BCUT2D eigenvalue weighted by Gasteiger charge is -2.33. The van der Waals surface area contributed by atoms with Crippen molar-refractivity contribution in [2.75, 3.05) is 26.4 Å². The molecule has 0 spiro atoms. The predicted molar refractivity (Wildman–Crippen MR) is 41.6 cm³/mol. The molecule has 3 nitrogen and oxygen atoms in total. The second-order valence-corrected chi connectivity index (χ2v) is 3.32. The van der Waals surface area contributed by atoms with Crippen LogP contribution in [0.4, 0.5) is 0 Å². The van der Waals surface area contributed by atoms with E-state index in [0.717, 1.165) is 26.4 Å². The molecule has 0 saturated carbocycles. The Balaban J connectivity index is 1.67. The van der Waals surface area contributed by atoms with Gasteiger partial charge in [-0.3, -0.25) is 0 Å². The first-order valence-electron chi connectivity index (χ1n) is 4.37. The summed E-state index contributed by atoms with van der Waals surface area (Å²) in [7, 11) is 0.